The summed E-state index contributed by atoms with van der Waals surface area (Å²) in [5, 5.41) is 3.45. The lowest BCUT2D eigenvalue weighted by Crippen LogP contribution is -2.08. The van der Waals surface area contributed by atoms with Crippen molar-refractivity contribution < 1.29 is 4.42 Å². The molecule has 1 N–H and O–H groups in total. The number of oxazole rings is 1. The highest BCUT2D eigenvalue weighted by atomic mass is 35.5. The number of aromatic nitrogens is 3. The zero-order valence-corrected chi connectivity index (χ0v) is 9.69. The van der Waals surface area contributed by atoms with E-state index in [1.54, 1.807) is 12.4 Å². The number of hydrogen-bond acceptors (Lipinski definition) is 5. The van der Waals surface area contributed by atoms with Crippen molar-refractivity contribution in [1.29, 1.82) is 0 Å². The molecule has 0 amide bonds. The van der Waals surface area contributed by atoms with Gasteiger partial charge in [-0.25, -0.2) is 9.97 Å². The molecule has 16 heavy (non-hydrogen) atoms. The Kier molecular flexibility index (Phi) is 3.05. The number of hydrogen-bond donors (Lipinski definition) is 1. The molecule has 0 aliphatic rings. The molecule has 1 atom stereocenters. The zero-order valence-electron chi connectivity index (χ0n) is 8.94. The summed E-state index contributed by atoms with van der Waals surface area (Å²) in [6.07, 6.45) is 4.75. The number of aryl methyl sites for hydroxylation is 1. The Bertz CT molecular complexity index is 485. The van der Waals surface area contributed by atoms with Crippen LogP contribution in [0.25, 0.3) is 0 Å². The monoisotopic (exact) mass is 238 g/mol. The van der Waals surface area contributed by atoms with Crippen LogP contribution in [0.5, 0.6) is 0 Å². The Balaban J connectivity index is 2.10. The fourth-order valence-electron chi connectivity index (χ4n) is 1.27. The molecule has 0 fully saturated rings. The Morgan fingerprint density at radius 1 is 1.38 bits per heavy atom. The third-order valence-electron chi connectivity index (χ3n) is 1.98. The molecule has 6 heteroatoms. The fourth-order valence-corrected chi connectivity index (χ4v) is 1.42. The molecular formula is C10H11ClN4O. The average Bonchev–Trinajstić information content (AvgIpc) is 2.65. The van der Waals surface area contributed by atoms with Crippen LogP contribution in [-0.2, 0) is 0 Å². The quantitative estimate of drug-likeness (QED) is 0.891. The molecule has 0 aromatic carbocycles. The molecule has 2 aromatic rings. The summed E-state index contributed by atoms with van der Waals surface area (Å²) in [4.78, 5) is 12.1. The minimum absolute atomic E-state index is 0.0820. The first kappa shape index (κ1) is 10.9. The minimum Gasteiger partial charge on any atom is -0.444 e. The van der Waals surface area contributed by atoms with E-state index in [-0.39, 0.29) is 6.04 Å². The summed E-state index contributed by atoms with van der Waals surface area (Å²) in [5.74, 6) is 1.98. The number of halogens is 1. The zero-order chi connectivity index (χ0) is 11.5. The van der Waals surface area contributed by atoms with Gasteiger partial charge in [0.15, 0.2) is 0 Å². The van der Waals surface area contributed by atoms with Crippen molar-refractivity contribution in [3.63, 3.8) is 0 Å². The van der Waals surface area contributed by atoms with E-state index < -0.39 is 0 Å². The van der Waals surface area contributed by atoms with E-state index >= 15 is 0 Å². The number of anilines is 1. The van der Waals surface area contributed by atoms with Crippen molar-refractivity contribution in [2.24, 2.45) is 0 Å². The van der Waals surface area contributed by atoms with Gasteiger partial charge in [-0.05, 0) is 13.8 Å². The van der Waals surface area contributed by atoms with Gasteiger partial charge in [-0.15, -0.1) is 0 Å². The third kappa shape index (κ3) is 2.49. The molecule has 1 unspecified atom stereocenters. The lowest BCUT2D eigenvalue weighted by molar-refractivity contribution is 0.453. The first-order valence-electron chi connectivity index (χ1n) is 4.81. The van der Waals surface area contributed by atoms with Crippen LogP contribution < -0.4 is 5.32 Å². The van der Waals surface area contributed by atoms with Crippen molar-refractivity contribution in [1.82, 2.24) is 15.0 Å². The van der Waals surface area contributed by atoms with Crippen LogP contribution in [-0.4, -0.2) is 15.0 Å². The smallest absolute Gasteiger partial charge is 0.216 e. The van der Waals surface area contributed by atoms with Gasteiger partial charge < -0.3 is 9.73 Å². The van der Waals surface area contributed by atoms with Crippen LogP contribution in [0.1, 0.15) is 24.6 Å². The van der Waals surface area contributed by atoms with E-state index in [2.05, 4.69) is 20.3 Å². The highest BCUT2D eigenvalue weighted by molar-refractivity contribution is 6.29. The molecule has 0 bridgehead atoms. The van der Waals surface area contributed by atoms with Crippen molar-refractivity contribution in [3.05, 3.63) is 35.4 Å². The number of nitrogens with one attached hydrogen (secondary N) is 1. The third-order valence-corrected chi connectivity index (χ3v) is 2.16. The Morgan fingerprint density at radius 3 is 2.81 bits per heavy atom. The molecule has 0 saturated heterocycles. The van der Waals surface area contributed by atoms with Crippen molar-refractivity contribution in [2.75, 3.05) is 5.32 Å². The molecule has 84 valence electrons. The largest absolute Gasteiger partial charge is 0.444 e. The molecule has 0 spiro atoms. The van der Waals surface area contributed by atoms with Crippen LogP contribution in [0.2, 0.25) is 5.15 Å². The van der Waals surface area contributed by atoms with Gasteiger partial charge in [-0.3, -0.25) is 4.98 Å². The van der Waals surface area contributed by atoms with E-state index in [0.29, 0.717) is 16.9 Å². The molecule has 5 nitrogen and oxygen atoms in total. The standard InChI is InChI=1S/C10H11ClN4O/c1-6-3-13-10(16-6)7(2)14-9-5-12-4-8(11)15-9/h3-5,7H,1-2H3,(H,14,15). The second-order valence-corrected chi connectivity index (χ2v) is 3.79. The molecule has 0 saturated carbocycles. The maximum atomic E-state index is 5.73. The van der Waals surface area contributed by atoms with Crippen LogP contribution in [0.15, 0.2) is 23.0 Å². The normalized spacial score (nSPS) is 12.4. The van der Waals surface area contributed by atoms with E-state index in [9.17, 15) is 0 Å². The molecule has 2 aromatic heterocycles. The van der Waals surface area contributed by atoms with Crippen LogP contribution >= 0.6 is 11.6 Å². The van der Waals surface area contributed by atoms with E-state index in [1.807, 2.05) is 13.8 Å². The Morgan fingerprint density at radius 2 is 2.19 bits per heavy atom. The minimum atomic E-state index is -0.0820. The van der Waals surface area contributed by atoms with E-state index in [0.717, 1.165) is 5.76 Å². The maximum Gasteiger partial charge on any atom is 0.216 e. The van der Waals surface area contributed by atoms with E-state index in [4.69, 9.17) is 16.0 Å². The van der Waals surface area contributed by atoms with Crippen molar-refractivity contribution in [2.45, 2.75) is 19.9 Å². The maximum absolute atomic E-state index is 5.73. The lowest BCUT2D eigenvalue weighted by Gasteiger charge is -2.10. The number of rotatable bonds is 3. The predicted octanol–water partition coefficient (Wildman–Crippen LogP) is 2.60. The van der Waals surface area contributed by atoms with Crippen LogP contribution in [0.3, 0.4) is 0 Å². The Hall–Kier alpha value is -1.62. The predicted molar refractivity (Wildman–Crippen MR) is 60.3 cm³/mol. The first-order chi connectivity index (χ1) is 7.65. The fraction of sp³-hybridized carbons (Fsp3) is 0.300. The summed E-state index contributed by atoms with van der Waals surface area (Å²) in [7, 11) is 0. The summed E-state index contributed by atoms with van der Waals surface area (Å²) in [6.45, 7) is 3.77. The van der Waals surface area contributed by atoms with Gasteiger partial charge in [0.05, 0.1) is 18.6 Å². The highest BCUT2D eigenvalue weighted by Gasteiger charge is 2.11. The summed E-state index contributed by atoms with van der Waals surface area (Å²) < 4.78 is 5.39. The lowest BCUT2D eigenvalue weighted by atomic mass is 10.3. The first-order valence-corrected chi connectivity index (χ1v) is 5.19. The molecule has 0 radical (unpaired) electrons. The summed E-state index contributed by atoms with van der Waals surface area (Å²) in [6, 6.07) is -0.0820. The molecule has 2 heterocycles. The number of nitrogens with zero attached hydrogens (tertiary/aromatic N) is 3. The summed E-state index contributed by atoms with van der Waals surface area (Å²) >= 11 is 5.73. The van der Waals surface area contributed by atoms with Crippen molar-refractivity contribution in [3.8, 4) is 0 Å². The van der Waals surface area contributed by atoms with Gasteiger partial charge in [0, 0.05) is 0 Å². The van der Waals surface area contributed by atoms with Gasteiger partial charge in [0.25, 0.3) is 0 Å². The SMILES string of the molecule is Cc1cnc(C(C)Nc2cncc(Cl)n2)o1. The Labute approximate surface area is 97.9 Å². The van der Waals surface area contributed by atoms with E-state index in [1.165, 1.54) is 6.20 Å². The molecule has 0 aliphatic carbocycles. The van der Waals surface area contributed by atoms with Crippen LogP contribution in [0, 0.1) is 6.92 Å². The highest BCUT2D eigenvalue weighted by Crippen LogP contribution is 2.17. The van der Waals surface area contributed by atoms with Gasteiger partial charge in [0.2, 0.25) is 5.89 Å². The molecule has 0 aliphatic heterocycles. The van der Waals surface area contributed by atoms with Crippen LogP contribution in [0.4, 0.5) is 5.82 Å². The second-order valence-electron chi connectivity index (χ2n) is 3.40. The van der Waals surface area contributed by atoms with Crippen molar-refractivity contribution >= 4 is 17.4 Å². The topological polar surface area (TPSA) is 63.8 Å². The molecular weight excluding hydrogens is 228 g/mol. The van der Waals surface area contributed by atoms with Gasteiger partial charge >= 0.3 is 0 Å². The average molecular weight is 239 g/mol. The van der Waals surface area contributed by atoms with Gasteiger partial charge in [0.1, 0.15) is 22.8 Å². The van der Waals surface area contributed by atoms with Gasteiger partial charge in [-0.2, -0.15) is 0 Å². The second kappa shape index (κ2) is 4.49. The molecule has 2 rings (SSSR count). The van der Waals surface area contributed by atoms with Gasteiger partial charge in [-0.1, -0.05) is 11.6 Å². The summed E-state index contributed by atoms with van der Waals surface area (Å²) in [5.41, 5.74) is 0.